The van der Waals surface area contributed by atoms with Crippen LogP contribution in [0.4, 0.5) is 0 Å². The molecule has 148 valence electrons. The van der Waals surface area contributed by atoms with Crippen molar-refractivity contribution in [2.24, 2.45) is 13.0 Å². The van der Waals surface area contributed by atoms with Crippen LogP contribution in [0.15, 0.2) is 4.79 Å². The van der Waals surface area contributed by atoms with E-state index in [-0.39, 0.29) is 11.5 Å². The first-order valence-corrected chi connectivity index (χ1v) is 9.89. The highest BCUT2D eigenvalue weighted by atomic mass is 16.2. The number of hydrogen-bond acceptors (Lipinski definition) is 4. The SMILES string of the molecule is CNCCC1CCN(C(=O)CCc2c(C)nc3[nH]n(C)c(=O)c3c2C)CC1. The van der Waals surface area contributed by atoms with E-state index < -0.39 is 0 Å². The lowest BCUT2D eigenvalue weighted by molar-refractivity contribution is -0.132. The van der Waals surface area contributed by atoms with Gasteiger partial charge >= 0.3 is 0 Å². The number of fused-ring (bicyclic) bond motifs is 1. The Morgan fingerprint density at radius 3 is 2.67 bits per heavy atom. The van der Waals surface area contributed by atoms with Gasteiger partial charge in [-0.25, -0.2) is 4.98 Å². The molecule has 0 bridgehead atoms. The zero-order valence-electron chi connectivity index (χ0n) is 16.9. The zero-order chi connectivity index (χ0) is 19.6. The van der Waals surface area contributed by atoms with Gasteiger partial charge in [0, 0.05) is 32.3 Å². The molecule has 0 radical (unpaired) electrons. The second kappa shape index (κ2) is 8.25. The van der Waals surface area contributed by atoms with Gasteiger partial charge in [-0.2, -0.15) is 0 Å². The van der Waals surface area contributed by atoms with Crippen molar-refractivity contribution in [1.29, 1.82) is 0 Å². The molecular formula is C20H31N5O2. The number of piperidine rings is 1. The van der Waals surface area contributed by atoms with Gasteiger partial charge < -0.3 is 10.2 Å². The first-order valence-electron chi connectivity index (χ1n) is 9.89. The van der Waals surface area contributed by atoms with E-state index in [2.05, 4.69) is 15.4 Å². The molecule has 0 atom stereocenters. The number of nitrogens with one attached hydrogen (secondary N) is 2. The quantitative estimate of drug-likeness (QED) is 0.807. The first-order chi connectivity index (χ1) is 12.9. The molecule has 1 saturated heterocycles. The minimum Gasteiger partial charge on any atom is -0.343 e. The Labute approximate surface area is 160 Å². The zero-order valence-corrected chi connectivity index (χ0v) is 16.9. The lowest BCUT2D eigenvalue weighted by atomic mass is 9.93. The summed E-state index contributed by atoms with van der Waals surface area (Å²) in [6.45, 7) is 6.68. The van der Waals surface area contributed by atoms with Crippen LogP contribution in [-0.4, -0.2) is 52.3 Å². The maximum absolute atomic E-state index is 12.7. The lowest BCUT2D eigenvalue weighted by Gasteiger charge is -2.32. The van der Waals surface area contributed by atoms with Gasteiger partial charge in [-0.1, -0.05) is 0 Å². The van der Waals surface area contributed by atoms with Gasteiger partial charge in [0.2, 0.25) is 5.91 Å². The van der Waals surface area contributed by atoms with Crippen LogP contribution in [0.25, 0.3) is 11.0 Å². The van der Waals surface area contributed by atoms with E-state index in [9.17, 15) is 9.59 Å². The normalized spacial score (nSPS) is 15.6. The number of pyridine rings is 1. The predicted octanol–water partition coefficient (Wildman–Crippen LogP) is 1.66. The Balaban J connectivity index is 1.64. The van der Waals surface area contributed by atoms with Crippen LogP contribution in [0.3, 0.4) is 0 Å². The van der Waals surface area contributed by atoms with E-state index in [0.717, 1.165) is 55.2 Å². The Kier molecular flexibility index (Phi) is 5.99. The Bertz CT molecular complexity index is 875. The number of aromatic amines is 1. The molecule has 2 aromatic rings. The topological polar surface area (TPSA) is 83.0 Å². The second-order valence-electron chi connectivity index (χ2n) is 7.72. The molecule has 2 N–H and O–H groups in total. The third-order valence-electron chi connectivity index (χ3n) is 5.93. The summed E-state index contributed by atoms with van der Waals surface area (Å²) in [6.07, 6.45) is 4.49. The summed E-state index contributed by atoms with van der Waals surface area (Å²) in [7, 11) is 3.68. The van der Waals surface area contributed by atoms with Crippen molar-refractivity contribution < 1.29 is 4.79 Å². The summed E-state index contributed by atoms with van der Waals surface area (Å²) in [6, 6.07) is 0. The van der Waals surface area contributed by atoms with Crippen molar-refractivity contribution in [1.82, 2.24) is 25.0 Å². The molecule has 0 aromatic carbocycles. The van der Waals surface area contributed by atoms with Crippen LogP contribution in [-0.2, 0) is 18.3 Å². The van der Waals surface area contributed by atoms with E-state index in [1.807, 2.05) is 25.8 Å². The summed E-state index contributed by atoms with van der Waals surface area (Å²) in [5.41, 5.74) is 3.41. The van der Waals surface area contributed by atoms with Gasteiger partial charge in [-0.05, 0) is 70.2 Å². The number of nitrogens with zero attached hydrogens (tertiary/aromatic N) is 3. The molecule has 1 aliphatic heterocycles. The third-order valence-corrected chi connectivity index (χ3v) is 5.93. The van der Waals surface area contributed by atoms with E-state index >= 15 is 0 Å². The highest BCUT2D eigenvalue weighted by molar-refractivity contribution is 5.80. The summed E-state index contributed by atoms with van der Waals surface area (Å²) >= 11 is 0. The fourth-order valence-corrected chi connectivity index (χ4v) is 4.19. The van der Waals surface area contributed by atoms with E-state index in [4.69, 9.17) is 0 Å². The number of H-pyrrole nitrogens is 1. The number of carbonyl (C=O) groups excluding carboxylic acids is 1. The minimum atomic E-state index is -0.0637. The molecular weight excluding hydrogens is 342 g/mol. The van der Waals surface area contributed by atoms with Gasteiger partial charge in [0.05, 0.1) is 5.39 Å². The molecule has 1 fully saturated rings. The predicted molar refractivity (Wildman–Crippen MR) is 107 cm³/mol. The van der Waals surface area contributed by atoms with Crippen LogP contribution in [0.5, 0.6) is 0 Å². The average molecular weight is 374 g/mol. The first kappa shape index (κ1) is 19.6. The summed E-state index contributed by atoms with van der Waals surface area (Å²) in [4.78, 5) is 31.5. The number of aromatic nitrogens is 3. The maximum Gasteiger partial charge on any atom is 0.276 e. The van der Waals surface area contributed by atoms with Gasteiger partial charge in [0.25, 0.3) is 5.56 Å². The average Bonchev–Trinajstić information content (AvgIpc) is 2.93. The Morgan fingerprint density at radius 2 is 2.00 bits per heavy atom. The summed E-state index contributed by atoms with van der Waals surface area (Å²) in [5.74, 6) is 0.935. The van der Waals surface area contributed by atoms with Crippen molar-refractivity contribution in [3.8, 4) is 0 Å². The van der Waals surface area contributed by atoms with Crippen LogP contribution >= 0.6 is 0 Å². The molecule has 3 heterocycles. The molecule has 2 aromatic heterocycles. The molecule has 0 aliphatic carbocycles. The van der Waals surface area contributed by atoms with Gasteiger partial charge in [0.15, 0.2) is 5.65 Å². The molecule has 7 nitrogen and oxygen atoms in total. The van der Waals surface area contributed by atoms with Gasteiger partial charge in [-0.3, -0.25) is 19.4 Å². The molecule has 27 heavy (non-hydrogen) atoms. The standard InChI is InChI=1S/C20H31N5O2/c1-13-16(14(2)22-19-18(13)20(27)24(4)23-19)5-6-17(26)25-11-8-15(9-12-25)7-10-21-3/h15,21H,5-12H2,1-4H3,(H,22,23). The minimum absolute atomic E-state index is 0.0637. The largest absolute Gasteiger partial charge is 0.343 e. The van der Waals surface area contributed by atoms with E-state index in [1.54, 1.807) is 7.05 Å². The Hall–Kier alpha value is -2.15. The van der Waals surface area contributed by atoms with Crippen molar-refractivity contribution >= 4 is 16.9 Å². The smallest absolute Gasteiger partial charge is 0.276 e. The number of amides is 1. The summed E-state index contributed by atoms with van der Waals surface area (Å²) in [5, 5.41) is 6.82. The highest BCUT2D eigenvalue weighted by Gasteiger charge is 2.23. The van der Waals surface area contributed by atoms with Crippen molar-refractivity contribution in [2.45, 2.75) is 46.0 Å². The van der Waals surface area contributed by atoms with Crippen LogP contribution in [0.1, 0.15) is 42.5 Å². The number of hydrogen-bond donors (Lipinski definition) is 2. The van der Waals surface area contributed by atoms with Gasteiger partial charge in [0.1, 0.15) is 0 Å². The van der Waals surface area contributed by atoms with Crippen LogP contribution in [0.2, 0.25) is 0 Å². The molecule has 1 aliphatic rings. The lowest BCUT2D eigenvalue weighted by Crippen LogP contribution is -2.39. The monoisotopic (exact) mass is 373 g/mol. The fourth-order valence-electron chi connectivity index (χ4n) is 4.19. The Morgan fingerprint density at radius 1 is 1.30 bits per heavy atom. The van der Waals surface area contributed by atoms with Crippen molar-refractivity contribution in [2.75, 3.05) is 26.7 Å². The van der Waals surface area contributed by atoms with Gasteiger partial charge in [-0.15, -0.1) is 0 Å². The molecule has 1 amide bonds. The van der Waals surface area contributed by atoms with Crippen molar-refractivity contribution in [3.05, 3.63) is 27.2 Å². The molecule has 0 saturated carbocycles. The van der Waals surface area contributed by atoms with Crippen LogP contribution in [0, 0.1) is 19.8 Å². The van der Waals surface area contributed by atoms with E-state index in [1.165, 1.54) is 11.1 Å². The maximum atomic E-state index is 12.7. The third kappa shape index (κ3) is 4.08. The van der Waals surface area contributed by atoms with Crippen molar-refractivity contribution in [3.63, 3.8) is 0 Å². The second-order valence-corrected chi connectivity index (χ2v) is 7.72. The van der Waals surface area contributed by atoms with E-state index in [0.29, 0.717) is 23.9 Å². The molecule has 0 spiro atoms. The highest BCUT2D eigenvalue weighted by Crippen LogP contribution is 2.23. The molecule has 7 heteroatoms. The number of rotatable bonds is 6. The molecule has 3 rings (SSSR count). The van der Waals surface area contributed by atoms with Crippen LogP contribution < -0.4 is 10.9 Å². The number of carbonyl (C=O) groups is 1. The fraction of sp³-hybridized carbons (Fsp3) is 0.650. The number of aryl methyl sites for hydroxylation is 3. The molecule has 0 unspecified atom stereocenters. The summed E-state index contributed by atoms with van der Waals surface area (Å²) < 4.78 is 1.46. The number of likely N-dealkylation sites (tertiary alicyclic amines) is 1.